The Morgan fingerprint density at radius 2 is 1.91 bits per heavy atom. The Morgan fingerprint density at radius 3 is 2.59 bits per heavy atom. The maximum Gasteiger partial charge on any atom is 0.168 e. The molecule has 0 fully saturated rings. The predicted octanol–water partition coefficient (Wildman–Crippen LogP) is 4.84. The normalized spacial score (nSPS) is 26.4. The van der Waals surface area contributed by atoms with Gasteiger partial charge in [0.2, 0.25) is 0 Å². The fourth-order valence-electron chi connectivity index (χ4n) is 3.78. The first kappa shape index (κ1) is 15.1. The number of ketones is 1. The second-order valence-corrected chi connectivity index (χ2v) is 7.21. The second-order valence-electron chi connectivity index (χ2n) is 7.21. The summed E-state index contributed by atoms with van der Waals surface area (Å²) in [6.07, 6.45) is 6.38. The summed E-state index contributed by atoms with van der Waals surface area (Å²) in [5.74, 6) is 0.914. The number of fused-ring (bicyclic) bond motifs is 1. The molecule has 1 aliphatic carbocycles. The molecule has 0 saturated carbocycles. The monoisotopic (exact) mass is 295 g/mol. The molecule has 116 valence electrons. The van der Waals surface area contributed by atoms with Gasteiger partial charge in [-0.25, -0.2) is 0 Å². The Hall–Kier alpha value is -1.83. The van der Waals surface area contributed by atoms with Gasteiger partial charge in [-0.3, -0.25) is 4.79 Å². The lowest BCUT2D eigenvalue weighted by Crippen LogP contribution is -2.41. The number of carbonyl (C=O) groups is 1. The number of benzene rings is 1. The van der Waals surface area contributed by atoms with E-state index in [4.69, 9.17) is 0 Å². The first-order valence-electron chi connectivity index (χ1n) is 8.21. The number of nitrogens with one attached hydrogen (secondary N) is 1. The quantitative estimate of drug-likeness (QED) is 0.791. The SMILES string of the molecule is CC1=C(C(=O)C2C=CC(C)CC2)C(C)(C)Nc2ccccc21. The highest BCUT2D eigenvalue weighted by molar-refractivity contribution is 6.09. The van der Waals surface area contributed by atoms with Gasteiger partial charge < -0.3 is 5.32 Å². The van der Waals surface area contributed by atoms with Gasteiger partial charge in [0.05, 0.1) is 5.54 Å². The Labute approximate surface area is 133 Å². The zero-order valence-corrected chi connectivity index (χ0v) is 13.9. The third-order valence-corrected chi connectivity index (χ3v) is 4.97. The molecule has 2 nitrogen and oxygen atoms in total. The molecule has 1 heterocycles. The zero-order valence-electron chi connectivity index (χ0n) is 13.9. The molecule has 0 amide bonds. The van der Waals surface area contributed by atoms with E-state index < -0.39 is 0 Å². The van der Waals surface area contributed by atoms with E-state index >= 15 is 0 Å². The minimum atomic E-state index is -0.327. The van der Waals surface area contributed by atoms with E-state index in [0.29, 0.717) is 5.92 Å². The van der Waals surface area contributed by atoms with E-state index in [2.05, 4.69) is 57.3 Å². The largest absolute Gasteiger partial charge is 0.375 e. The lowest BCUT2D eigenvalue weighted by Gasteiger charge is -2.38. The third kappa shape index (κ3) is 2.51. The maximum absolute atomic E-state index is 13.1. The van der Waals surface area contributed by atoms with E-state index in [1.54, 1.807) is 0 Å². The van der Waals surface area contributed by atoms with E-state index in [1.165, 1.54) is 0 Å². The third-order valence-electron chi connectivity index (χ3n) is 4.97. The fourth-order valence-corrected chi connectivity index (χ4v) is 3.78. The van der Waals surface area contributed by atoms with Crippen molar-refractivity contribution >= 4 is 17.0 Å². The van der Waals surface area contributed by atoms with Crippen molar-refractivity contribution in [3.05, 3.63) is 47.6 Å². The molecule has 1 aromatic carbocycles. The van der Waals surface area contributed by atoms with Crippen LogP contribution in [0.25, 0.3) is 5.57 Å². The van der Waals surface area contributed by atoms with Gasteiger partial charge in [0.1, 0.15) is 0 Å². The number of Topliss-reactive ketones (excluding diaryl/α,β-unsaturated/α-hetero) is 1. The molecular formula is C20H25NO. The van der Waals surface area contributed by atoms with E-state index in [9.17, 15) is 4.79 Å². The predicted molar refractivity (Wildman–Crippen MR) is 92.8 cm³/mol. The molecular weight excluding hydrogens is 270 g/mol. The van der Waals surface area contributed by atoms with Crippen molar-refractivity contribution in [3.8, 4) is 0 Å². The summed E-state index contributed by atoms with van der Waals surface area (Å²) in [5, 5.41) is 3.54. The van der Waals surface area contributed by atoms with Crippen LogP contribution in [0.2, 0.25) is 0 Å². The fraction of sp³-hybridized carbons (Fsp3) is 0.450. The molecule has 1 aromatic rings. The van der Waals surface area contributed by atoms with Gasteiger partial charge in [-0.05, 0) is 51.2 Å². The number of rotatable bonds is 2. The number of para-hydroxylation sites is 1. The highest BCUT2D eigenvalue weighted by Crippen LogP contribution is 2.41. The van der Waals surface area contributed by atoms with Crippen LogP contribution in [0.1, 0.15) is 46.1 Å². The molecule has 2 unspecified atom stereocenters. The standard InChI is InChI=1S/C20H25NO/c1-13-9-11-15(12-10-13)19(22)18-14(2)16-7-5-6-8-17(16)21-20(18,3)4/h5-9,11,13,15,21H,10,12H2,1-4H3. The van der Waals surface area contributed by atoms with Gasteiger partial charge >= 0.3 is 0 Å². The average Bonchev–Trinajstić information content (AvgIpc) is 2.47. The second kappa shape index (κ2) is 5.42. The summed E-state index contributed by atoms with van der Waals surface area (Å²) in [6, 6.07) is 8.25. The minimum absolute atomic E-state index is 0.0347. The van der Waals surface area contributed by atoms with Gasteiger partial charge in [-0.1, -0.05) is 37.3 Å². The van der Waals surface area contributed by atoms with Crippen LogP contribution in [-0.4, -0.2) is 11.3 Å². The van der Waals surface area contributed by atoms with Crippen LogP contribution in [0.3, 0.4) is 0 Å². The van der Waals surface area contributed by atoms with Crippen LogP contribution in [0.5, 0.6) is 0 Å². The van der Waals surface area contributed by atoms with Crippen molar-refractivity contribution in [2.45, 2.75) is 46.1 Å². The molecule has 2 atom stereocenters. The smallest absolute Gasteiger partial charge is 0.168 e. The first-order chi connectivity index (χ1) is 10.4. The minimum Gasteiger partial charge on any atom is -0.375 e. The van der Waals surface area contributed by atoms with Crippen molar-refractivity contribution in [1.29, 1.82) is 0 Å². The molecule has 1 aliphatic heterocycles. The van der Waals surface area contributed by atoms with Crippen LogP contribution in [-0.2, 0) is 4.79 Å². The van der Waals surface area contributed by atoms with Crippen LogP contribution in [0.4, 0.5) is 5.69 Å². The highest BCUT2D eigenvalue weighted by atomic mass is 16.1. The topological polar surface area (TPSA) is 29.1 Å². The Bertz CT molecular complexity index is 666. The number of hydrogen-bond acceptors (Lipinski definition) is 2. The molecule has 1 N–H and O–H groups in total. The summed E-state index contributed by atoms with van der Waals surface area (Å²) in [5.41, 5.74) is 4.01. The van der Waals surface area contributed by atoms with Gasteiger partial charge in [0.15, 0.2) is 5.78 Å². The van der Waals surface area contributed by atoms with Gasteiger partial charge in [0.25, 0.3) is 0 Å². The summed E-state index contributed by atoms with van der Waals surface area (Å²) in [4.78, 5) is 13.1. The molecule has 2 heteroatoms. The van der Waals surface area contributed by atoms with Gasteiger partial charge in [-0.2, -0.15) is 0 Å². The number of allylic oxidation sites excluding steroid dienone is 3. The van der Waals surface area contributed by atoms with Gasteiger partial charge in [-0.15, -0.1) is 0 Å². The lowest BCUT2D eigenvalue weighted by atomic mass is 9.75. The van der Waals surface area contributed by atoms with E-state index in [0.717, 1.165) is 35.2 Å². The van der Waals surface area contributed by atoms with Crippen molar-refractivity contribution in [1.82, 2.24) is 0 Å². The van der Waals surface area contributed by atoms with Crippen LogP contribution in [0, 0.1) is 11.8 Å². The van der Waals surface area contributed by atoms with Crippen molar-refractivity contribution in [2.75, 3.05) is 5.32 Å². The summed E-state index contributed by atoms with van der Waals surface area (Å²) in [6.45, 7) is 8.51. The molecule has 0 aromatic heterocycles. The summed E-state index contributed by atoms with van der Waals surface area (Å²) >= 11 is 0. The Balaban J connectivity index is 2.04. The highest BCUT2D eigenvalue weighted by Gasteiger charge is 2.37. The van der Waals surface area contributed by atoms with E-state index in [1.807, 2.05) is 12.1 Å². The average molecular weight is 295 g/mol. The molecule has 0 bridgehead atoms. The van der Waals surface area contributed by atoms with Crippen LogP contribution in [0.15, 0.2) is 42.0 Å². The lowest BCUT2D eigenvalue weighted by molar-refractivity contribution is -0.118. The molecule has 0 saturated heterocycles. The summed E-state index contributed by atoms with van der Waals surface area (Å²) < 4.78 is 0. The van der Waals surface area contributed by atoms with Crippen LogP contribution >= 0.6 is 0 Å². The van der Waals surface area contributed by atoms with Gasteiger partial charge in [0, 0.05) is 22.7 Å². The maximum atomic E-state index is 13.1. The first-order valence-corrected chi connectivity index (χ1v) is 8.21. The molecule has 0 spiro atoms. The van der Waals surface area contributed by atoms with Crippen LogP contribution < -0.4 is 5.32 Å². The van der Waals surface area contributed by atoms with Crippen molar-refractivity contribution in [3.63, 3.8) is 0 Å². The number of anilines is 1. The molecule has 22 heavy (non-hydrogen) atoms. The molecule has 3 rings (SSSR count). The molecule has 0 radical (unpaired) electrons. The van der Waals surface area contributed by atoms with Crippen molar-refractivity contribution < 1.29 is 4.79 Å². The number of hydrogen-bond donors (Lipinski definition) is 1. The molecule has 2 aliphatic rings. The zero-order chi connectivity index (χ0) is 15.9. The Morgan fingerprint density at radius 1 is 1.18 bits per heavy atom. The Kier molecular flexibility index (Phi) is 3.72. The summed E-state index contributed by atoms with van der Waals surface area (Å²) in [7, 11) is 0. The number of carbonyl (C=O) groups excluding carboxylic acids is 1. The van der Waals surface area contributed by atoms with Crippen molar-refractivity contribution in [2.24, 2.45) is 11.8 Å². The van der Waals surface area contributed by atoms with E-state index in [-0.39, 0.29) is 17.2 Å².